The Balaban J connectivity index is 1.68. The Bertz CT molecular complexity index is 1440. The van der Waals surface area contributed by atoms with Crippen LogP contribution in [0, 0.1) is 13.8 Å². The zero-order valence-corrected chi connectivity index (χ0v) is 19.3. The van der Waals surface area contributed by atoms with Crippen molar-refractivity contribution in [3.63, 3.8) is 0 Å². The number of amides is 1. The van der Waals surface area contributed by atoms with E-state index in [1.165, 1.54) is 13.3 Å². The summed E-state index contributed by atoms with van der Waals surface area (Å²) in [4.78, 5) is 43.6. The van der Waals surface area contributed by atoms with Gasteiger partial charge in [-0.2, -0.15) is 0 Å². The number of fused-ring (bicyclic) bond motifs is 1. The second-order valence-electron chi connectivity index (χ2n) is 8.15. The molecule has 7 nitrogen and oxygen atoms in total. The number of nitrogens with one attached hydrogen (secondary N) is 1. The van der Waals surface area contributed by atoms with E-state index in [0.717, 1.165) is 11.1 Å². The van der Waals surface area contributed by atoms with Crippen LogP contribution in [0.3, 0.4) is 0 Å². The van der Waals surface area contributed by atoms with E-state index in [1.807, 2.05) is 31.2 Å². The second kappa shape index (κ2) is 9.70. The lowest BCUT2D eigenvalue weighted by atomic mass is 10.0. The number of ether oxygens (including phenoxy) is 1. The molecule has 0 radical (unpaired) electrons. The predicted molar refractivity (Wildman–Crippen MR) is 130 cm³/mol. The van der Waals surface area contributed by atoms with Crippen molar-refractivity contribution in [1.82, 2.24) is 14.9 Å². The number of aromatic nitrogens is 2. The van der Waals surface area contributed by atoms with Crippen molar-refractivity contribution in [2.24, 2.45) is 0 Å². The molecular weight excluding hydrogens is 430 g/mol. The third kappa shape index (κ3) is 4.88. The van der Waals surface area contributed by atoms with Gasteiger partial charge in [-0.1, -0.05) is 42.0 Å². The molecule has 0 bridgehead atoms. The second-order valence-corrected chi connectivity index (χ2v) is 8.15. The van der Waals surface area contributed by atoms with Crippen LogP contribution in [0.15, 0.2) is 71.7 Å². The summed E-state index contributed by atoms with van der Waals surface area (Å²) in [5.74, 6) is -0.187. The highest BCUT2D eigenvalue weighted by Gasteiger charge is 2.19. The molecule has 0 aliphatic heterocycles. The molecule has 1 N–H and O–H groups in total. The molecule has 0 saturated carbocycles. The highest BCUT2D eigenvalue weighted by molar-refractivity contribution is 6.10. The van der Waals surface area contributed by atoms with Gasteiger partial charge < -0.3 is 14.6 Å². The monoisotopic (exact) mass is 455 g/mol. The number of carbonyl (C=O) groups excluding carboxylic acids is 2. The SMILES string of the molecule is COc1cccc(C(=O)c2cn(CC(=O)NCc3ccc(C)cc3)c3nc(C)ccc3c2=O)c1. The van der Waals surface area contributed by atoms with E-state index in [-0.39, 0.29) is 23.4 Å². The number of hydrogen-bond acceptors (Lipinski definition) is 5. The van der Waals surface area contributed by atoms with Crippen LogP contribution in [0.25, 0.3) is 11.0 Å². The maximum atomic E-state index is 13.2. The van der Waals surface area contributed by atoms with Crippen molar-refractivity contribution in [2.45, 2.75) is 26.9 Å². The lowest BCUT2D eigenvalue weighted by Gasteiger charge is -2.13. The molecule has 2 aromatic heterocycles. The maximum absolute atomic E-state index is 13.2. The fourth-order valence-electron chi connectivity index (χ4n) is 3.68. The zero-order valence-electron chi connectivity index (χ0n) is 19.3. The minimum atomic E-state index is -0.444. The lowest BCUT2D eigenvalue weighted by Crippen LogP contribution is -2.29. The number of methoxy groups -OCH3 is 1. The Morgan fingerprint density at radius 2 is 1.79 bits per heavy atom. The van der Waals surface area contributed by atoms with Crippen molar-refractivity contribution >= 4 is 22.7 Å². The summed E-state index contributed by atoms with van der Waals surface area (Å²) in [5.41, 5.74) is 3.05. The molecule has 0 aliphatic carbocycles. The Morgan fingerprint density at radius 1 is 1.03 bits per heavy atom. The van der Waals surface area contributed by atoms with E-state index in [9.17, 15) is 14.4 Å². The average molecular weight is 456 g/mol. The summed E-state index contributed by atoms with van der Waals surface area (Å²) < 4.78 is 6.76. The summed E-state index contributed by atoms with van der Waals surface area (Å²) in [6, 6.07) is 17.9. The summed E-state index contributed by atoms with van der Waals surface area (Å²) in [5, 5.41) is 3.17. The molecule has 34 heavy (non-hydrogen) atoms. The molecule has 0 aliphatic rings. The minimum absolute atomic E-state index is 0.0299. The van der Waals surface area contributed by atoms with Gasteiger partial charge in [0.2, 0.25) is 11.3 Å². The van der Waals surface area contributed by atoms with Crippen LogP contribution in [0.5, 0.6) is 5.75 Å². The maximum Gasteiger partial charge on any atom is 0.240 e. The molecule has 2 heterocycles. The van der Waals surface area contributed by atoms with Crippen molar-refractivity contribution in [3.8, 4) is 5.75 Å². The van der Waals surface area contributed by atoms with Crippen LogP contribution in [0.2, 0.25) is 0 Å². The first kappa shape index (κ1) is 22.9. The standard InChI is InChI=1S/C27H25N3O4/c1-17-7-10-19(11-8-17)14-28-24(31)16-30-15-23(25(32)20-5-4-6-21(13-20)34-3)26(33)22-12-9-18(2)29-27(22)30/h4-13,15H,14,16H2,1-3H3,(H,28,31). The predicted octanol–water partition coefficient (Wildman–Crippen LogP) is 3.57. The van der Waals surface area contributed by atoms with Crippen molar-refractivity contribution in [3.05, 3.63) is 105 Å². The fourth-order valence-corrected chi connectivity index (χ4v) is 3.68. The van der Waals surface area contributed by atoms with Crippen LogP contribution in [0.4, 0.5) is 0 Å². The van der Waals surface area contributed by atoms with E-state index in [4.69, 9.17) is 4.74 Å². The molecule has 7 heteroatoms. The number of rotatable bonds is 7. The molecule has 4 aromatic rings. The van der Waals surface area contributed by atoms with Crippen LogP contribution in [0.1, 0.15) is 32.7 Å². The van der Waals surface area contributed by atoms with Crippen molar-refractivity contribution in [2.75, 3.05) is 7.11 Å². The van der Waals surface area contributed by atoms with E-state index in [0.29, 0.717) is 29.2 Å². The normalized spacial score (nSPS) is 10.8. The molecule has 0 saturated heterocycles. The van der Waals surface area contributed by atoms with Crippen LogP contribution < -0.4 is 15.5 Å². The number of nitrogens with zero attached hydrogens (tertiary/aromatic N) is 2. The number of aryl methyl sites for hydroxylation is 2. The molecule has 0 atom stereocenters. The van der Waals surface area contributed by atoms with Gasteiger partial charge in [-0.25, -0.2) is 4.98 Å². The van der Waals surface area contributed by atoms with Crippen LogP contribution in [-0.2, 0) is 17.9 Å². The summed E-state index contributed by atoms with van der Waals surface area (Å²) in [7, 11) is 1.51. The quantitative estimate of drug-likeness (QED) is 0.430. The van der Waals surface area contributed by atoms with Crippen LogP contribution in [-0.4, -0.2) is 28.4 Å². The molecule has 2 aromatic carbocycles. The number of benzene rings is 2. The van der Waals surface area contributed by atoms with E-state index < -0.39 is 11.2 Å². The Kier molecular flexibility index (Phi) is 6.54. The Morgan fingerprint density at radius 3 is 2.53 bits per heavy atom. The summed E-state index contributed by atoms with van der Waals surface area (Å²) in [6.07, 6.45) is 1.42. The third-order valence-electron chi connectivity index (χ3n) is 5.56. The van der Waals surface area contributed by atoms with Gasteiger partial charge in [0.1, 0.15) is 17.9 Å². The number of hydrogen-bond donors (Lipinski definition) is 1. The molecule has 4 rings (SSSR count). The average Bonchev–Trinajstić information content (AvgIpc) is 2.85. The van der Waals surface area contributed by atoms with E-state index >= 15 is 0 Å². The third-order valence-corrected chi connectivity index (χ3v) is 5.56. The molecule has 172 valence electrons. The molecule has 0 unspecified atom stereocenters. The minimum Gasteiger partial charge on any atom is -0.497 e. The summed E-state index contributed by atoms with van der Waals surface area (Å²) in [6.45, 7) is 4.10. The molecule has 0 spiro atoms. The van der Waals surface area contributed by atoms with Gasteiger partial charge in [-0.15, -0.1) is 0 Å². The highest BCUT2D eigenvalue weighted by atomic mass is 16.5. The first-order chi connectivity index (χ1) is 16.4. The Labute approximate surface area is 197 Å². The van der Waals surface area contributed by atoms with Gasteiger partial charge >= 0.3 is 0 Å². The number of ketones is 1. The number of pyridine rings is 2. The molecule has 1 amide bonds. The topological polar surface area (TPSA) is 90.3 Å². The highest BCUT2D eigenvalue weighted by Crippen LogP contribution is 2.17. The largest absolute Gasteiger partial charge is 0.497 e. The fraction of sp³-hybridized carbons (Fsp3) is 0.185. The van der Waals surface area contributed by atoms with Gasteiger partial charge in [0.05, 0.1) is 18.1 Å². The zero-order chi connectivity index (χ0) is 24.2. The summed E-state index contributed by atoms with van der Waals surface area (Å²) >= 11 is 0. The van der Waals surface area contributed by atoms with Gasteiger partial charge in [0, 0.05) is 24.0 Å². The molecule has 0 fully saturated rings. The van der Waals surface area contributed by atoms with Gasteiger partial charge in [-0.05, 0) is 43.7 Å². The lowest BCUT2D eigenvalue weighted by molar-refractivity contribution is -0.121. The van der Waals surface area contributed by atoms with Crippen molar-refractivity contribution < 1.29 is 14.3 Å². The van der Waals surface area contributed by atoms with Gasteiger partial charge in [0.15, 0.2) is 5.78 Å². The van der Waals surface area contributed by atoms with Gasteiger partial charge in [-0.3, -0.25) is 14.4 Å². The number of carbonyl (C=O) groups is 2. The van der Waals surface area contributed by atoms with E-state index in [1.54, 1.807) is 47.9 Å². The first-order valence-corrected chi connectivity index (χ1v) is 10.9. The Hall–Kier alpha value is -4.26. The smallest absolute Gasteiger partial charge is 0.240 e. The van der Waals surface area contributed by atoms with Crippen molar-refractivity contribution in [1.29, 1.82) is 0 Å². The first-order valence-electron chi connectivity index (χ1n) is 10.9. The van der Waals surface area contributed by atoms with Gasteiger partial charge in [0.25, 0.3) is 0 Å². The van der Waals surface area contributed by atoms with E-state index in [2.05, 4.69) is 10.3 Å². The van der Waals surface area contributed by atoms with Crippen LogP contribution >= 0.6 is 0 Å². The molecular formula is C27H25N3O4.